The minimum absolute atomic E-state index is 0.0684. The van der Waals surface area contributed by atoms with Crippen LogP contribution in [0, 0.1) is 0 Å². The number of nitrogens with zero attached hydrogens (tertiary/aromatic N) is 2. The van der Waals surface area contributed by atoms with E-state index in [1.54, 1.807) is 0 Å². The summed E-state index contributed by atoms with van der Waals surface area (Å²) in [5.74, 6) is -1.36. The molecule has 2 fully saturated rings. The zero-order chi connectivity index (χ0) is 13.4. The van der Waals surface area contributed by atoms with Crippen LogP contribution in [0.25, 0.3) is 0 Å². The molecule has 2 aliphatic rings. The van der Waals surface area contributed by atoms with E-state index in [0.717, 1.165) is 36.9 Å². The highest BCUT2D eigenvalue weighted by atomic mass is 32.1. The highest BCUT2D eigenvalue weighted by Gasteiger charge is 2.35. The molecule has 0 aromatic carbocycles. The molecule has 1 aliphatic carbocycles. The maximum Gasteiger partial charge on any atom is 0.355 e. The monoisotopic (exact) mass is 281 g/mol. The number of amides is 1. The Labute approximate surface area is 114 Å². The van der Waals surface area contributed by atoms with Crippen LogP contribution in [0.4, 0.5) is 0 Å². The summed E-state index contributed by atoms with van der Waals surface area (Å²) in [5, 5.41) is 13.3. The predicted octanol–water partition coefficient (Wildman–Crippen LogP) is 0.808. The molecule has 0 spiro atoms. The molecule has 102 valence electrons. The van der Waals surface area contributed by atoms with Crippen molar-refractivity contribution in [3.8, 4) is 0 Å². The number of thiazole rings is 1. The number of aromatic nitrogens is 1. The number of hydrogen-bond donors (Lipinski definition) is 2. The van der Waals surface area contributed by atoms with Gasteiger partial charge in [0, 0.05) is 30.6 Å². The van der Waals surface area contributed by atoms with E-state index in [4.69, 9.17) is 5.11 Å². The minimum Gasteiger partial charge on any atom is -0.476 e. The molecule has 6 nitrogen and oxygen atoms in total. The predicted molar refractivity (Wildman–Crippen MR) is 69.5 cm³/mol. The van der Waals surface area contributed by atoms with Crippen LogP contribution >= 0.6 is 11.3 Å². The SMILES string of the molecule is O=C(O)c1csc(C(=O)NC2CCN(C3CC3)C2)n1. The summed E-state index contributed by atoms with van der Waals surface area (Å²) in [6, 6.07) is 0.880. The number of aromatic carboxylic acids is 1. The first kappa shape index (κ1) is 12.6. The number of likely N-dealkylation sites (tertiary alicyclic amines) is 1. The lowest BCUT2D eigenvalue weighted by atomic mass is 10.2. The van der Waals surface area contributed by atoms with Crippen LogP contribution in [-0.4, -0.2) is 52.0 Å². The molecule has 19 heavy (non-hydrogen) atoms. The van der Waals surface area contributed by atoms with Gasteiger partial charge >= 0.3 is 5.97 Å². The largest absolute Gasteiger partial charge is 0.476 e. The molecule has 2 heterocycles. The fourth-order valence-corrected chi connectivity index (χ4v) is 3.09. The van der Waals surface area contributed by atoms with Gasteiger partial charge in [-0.25, -0.2) is 9.78 Å². The van der Waals surface area contributed by atoms with Crippen LogP contribution in [0.2, 0.25) is 0 Å². The maximum atomic E-state index is 12.0. The number of carboxylic acid groups (broad SMARTS) is 1. The second kappa shape index (κ2) is 4.90. The number of rotatable bonds is 4. The van der Waals surface area contributed by atoms with Crippen molar-refractivity contribution in [1.29, 1.82) is 0 Å². The Morgan fingerprint density at radius 2 is 2.21 bits per heavy atom. The Balaban J connectivity index is 1.57. The van der Waals surface area contributed by atoms with E-state index >= 15 is 0 Å². The summed E-state index contributed by atoms with van der Waals surface area (Å²) < 4.78 is 0. The van der Waals surface area contributed by atoms with E-state index in [9.17, 15) is 9.59 Å². The van der Waals surface area contributed by atoms with E-state index < -0.39 is 5.97 Å². The summed E-state index contributed by atoms with van der Waals surface area (Å²) in [6.45, 7) is 1.93. The van der Waals surface area contributed by atoms with Crippen LogP contribution in [-0.2, 0) is 0 Å². The normalized spacial score (nSPS) is 23.5. The molecule has 1 aromatic heterocycles. The molecular weight excluding hydrogens is 266 g/mol. The fraction of sp³-hybridized carbons (Fsp3) is 0.583. The van der Waals surface area contributed by atoms with Gasteiger partial charge in [0.2, 0.25) is 0 Å². The summed E-state index contributed by atoms with van der Waals surface area (Å²) in [7, 11) is 0. The summed E-state index contributed by atoms with van der Waals surface area (Å²) in [5.41, 5.74) is -0.0684. The Morgan fingerprint density at radius 3 is 2.84 bits per heavy atom. The average Bonchev–Trinajstić information content (AvgIpc) is 2.92. The number of carbonyl (C=O) groups excluding carboxylic acids is 1. The Kier molecular flexibility index (Phi) is 3.24. The van der Waals surface area contributed by atoms with E-state index in [0.29, 0.717) is 0 Å². The molecule has 1 atom stereocenters. The van der Waals surface area contributed by atoms with Crippen molar-refractivity contribution in [2.24, 2.45) is 0 Å². The van der Waals surface area contributed by atoms with Gasteiger partial charge in [-0.05, 0) is 19.3 Å². The summed E-state index contributed by atoms with van der Waals surface area (Å²) in [4.78, 5) is 28.9. The zero-order valence-corrected chi connectivity index (χ0v) is 11.2. The number of carbonyl (C=O) groups is 2. The molecule has 1 amide bonds. The van der Waals surface area contributed by atoms with Gasteiger partial charge in [0.15, 0.2) is 10.7 Å². The Hall–Kier alpha value is -1.47. The molecular formula is C12H15N3O3S. The van der Waals surface area contributed by atoms with Gasteiger partial charge in [0.1, 0.15) is 0 Å². The molecule has 1 aromatic rings. The first-order valence-corrected chi connectivity index (χ1v) is 7.25. The van der Waals surface area contributed by atoms with E-state index in [2.05, 4.69) is 15.2 Å². The van der Waals surface area contributed by atoms with Crippen molar-refractivity contribution >= 4 is 23.2 Å². The quantitative estimate of drug-likeness (QED) is 0.853. The molecule has 1 saturated carbocycles. The number of carboxylic acids is 1. The summed E-state index contributed by atoms with van der Waals surface area (Å²) in [6.07, 6.45) is 3.50. The van der Waals surface area contributed by atoms with Crippen molar-refractivity contribution in [1.82, 2.24) is 15.2 Å². The Bertz CT molecular complexity index is 512. The second-order valence-corrected chi connectivity index (χ2v) is 5.89. The summed E-state index contributed by atoms with van der Waals surface area (Å²) >= 11 is 1.07. The Morgan fingerprint density at radius 1 is 1.42 bits per heavy atom. The molecule has 1 aliphatic heterocycles. The van der Waals surface area contributed by atoms with Crippen molar-refractivity contribution in [2.75, 3.05) is 13.1 Å². The fourth-order valence-electron chi connectivity index (χ4n) is 2.40. The first-order chi connectivity index (χ1) is 9.13. The molecule has 1 saturated heterocycles. The molecule has 0 bridgehead atoms. The van der Waals surface area contributed by atoms with Gasteiger partial charge < -0.3 is 10.4 Å². The van der Waals surface area contributed by atoms with Gasteiger partial charge in [-0.3, -0.25) is 9.69 Å². The minimum atomic E-state index is -1.10. The van der Waals surface area contributed by atoms with Gasteiger partial charge in [0.05, 0.1) is 0 Å². The van der Waals surface area contributed by atoms with Crippen LogP contribution in [0.5, 0.6) is 0 Å². The molecule has 0 radical (unpaired) electrons. The lowest BCUT2D eigenvalue weighted by molar-refractivity contribution is 0.0691. The van der Waals surface area contributed by atoms with Crippen molar-refractivity contribution < 1.29 is 14.7 Å². The topological polar surface area (TPSA) is 82.5 Å². The third kappa shape index (κ3) is 2.76. The van der Waals surface area contributed by atoms with E-state index in [-0.39, 0.29) is 22.7 Å². The highest BCUT2D eigenvalue weighted by Crippen LogP contribution is 2.29. The van der Waals surface area contributed by atoms with Crippen molar-refractivity contribution in [3.05, 3.63) is 16.1 Å². The van der Waals surface area contributed by atoms with Gasteiger partial charge in [-0.15, -0.1) is 11.3 Å². The van der Waals surface area contributed by atoms with E-state index in [1.165, 1.54) is 18.2 Å². The zero-order valence-electron chi connectivity index (χ0n) is 10.3. The molecule has 7 heteroatoms. The molecule has 3 rings (SSSR count). The standard InChI is InChI=1S/C12H15N3O3S/c16-10(11-14-9(6-19-11)12(17)18)13-7-3-4-15(5-7)8-1-2-8/h6-8H,1-5H2,(H,13,16)(H,17,18). The number of nitrogens with one attached hydrogen (secondary N) is 1. The third-order valence-electron chi connectivity index (χ3n) is 3.54. The average molecular weight is 281 g/mol. The van der Waals surface area contributed by atoms with Crippen LogP contribution in [0.3, 0.4) is 0 Å². The lowest BCUT2D eigenvalue weighted by Crippen LogP contribution is -2.37. The second-order valence-electron chi connectivity index (χ2n) is 5.03. The van der Waals surface area contributed by atoms with Crippen molar-refractivity contribution in [2.45, 2.75) is 31.3 Å². The van der Waals surface area contributed by atoms with Gasteiger partial charge in [0.25, 0.3) is 5.91 Å². The van der Waals surface area contributed by atoms with Gasteiger partial charge in [-0.2, -0.15) is 0 Å². The smallest absolute Gasteiger partial charge is 0.355 e. The van der Waals surface area contributed by atoms with Crippen LogP contribution in [0.1, 0.15) is 39.6 Å². The highest BCUT2D eigenvalue weighted by molar-refractivity contribution is 7.11. The first-order valence-electron chi connectivity index (χ1n) is 6.37. The van der Waals surface area contributed by atoms with E-state index in [1.807, 2.05) is 0 Å². The van der Waals surface area contributed by atoms with Crippen molar-refractivity contribution in [3.63, 3.8) is 0 Å². The number of hydrogen-bond acceptors (Lipinski definition) is 5. The molecule has 2 N–H and O–H groups in total. The molecule has 1 unspecified atom stereocenters. The maximum absolute atomic E-state index is 12.0. The van der Waals surface area contributed by atoms with Crippen LogP contribution in [0.15, 0.2) is 5.38 Å². The van der Waals surface area contributed by atoms with Gasteiger partial charge in [-0.1, -0.05) is 0 Å². The van der Waals surface area contributed by atoms with Crippen LogP contribution < -0.4 is 5.32 Å². The lowest BCUT2D eigenvalue weighted by Gasteiger charge is -2.15. The third-order valence-corrected chi connectivity index (χ3v) is 4.38.